The summed E-state index contributed by atoms with van der Waals surface area (Å²) in [7, 11) is 1.40. The molecule has 0 aliphatic carbocycles. The first-order valence-corrected chi connectivity index (χ1v) is 7.34. The highest BCUT2D eigenvalue weighted by molar-refractivity contribution is 6.06. The van der Waals surface area contributed by atoms with Crippen LogP contribution in [0.15, 0.2) is 60.8 Å². The monoisotopic (exact) mass is 322 g/mol. The van der Waals surface area contributed by atoms with E-state index in [2.05, 4.69) is 10.3 Å². The van der Waals surface area contributed by atoms with Crippen molar-refractivity contribution in [3.63, 3.8) is 0 Å². The predicted molar refractivity (Wildman–Crippen MR) is 92.4 cm³/mol. The highest BCUT2D eigenvalue weighted by Gasteiger charge is 2.05. The molecule has 3 aromatic rings. The minimum absolute atomic E-state index is 0.165. The number of fused-ring (bicyclic) bond motifs is 1. The molecule has 0 saturated carbocycles. The van der Waals surface area contributed by atoms with E-state index < -0.39 is 5.82 Å². The number of rotatable bonds is 4. The van der Waals surface area contributed by atoms with Crippen LogP contribution in [0.5, 0.6) is 5.75 Å². The number of methoxy groups -OCH3 is 1. The van der Waals surface area contributed by atoms with Crippen molar-refractivity contribution in [2.75, 3.05) is 12.4 Å². The van der Waals surface area contributed by atoms with Crippen LogP contribution in [-0.2, 0) is 4.79 Å². The Morgan fingerprint density at radius 3 is 2.83 bits per heavy atom. The van der Waals surface area contributed by atoms with E-state index in [-0.39, 0.29) is 11.7 Å². The Morgan fingerprint density at radius 2 is 2.04 bits per heavy atom. The molecule has 0 aliphatic heterocycles. The summed E-state index contributed by atoms with van der Waals surface area (Å²) in [5, 5.41) is 3.73. The summed E-state index contributed by atoms with van der Waals surface area (Å²) >= 11 is 0. The molecule has 24 heavy (non-hydrogen) atoms. The Labute approximate surface area is 138 Å². The van der Waals surface area contributed by atoms with Gasteiger partial charge >= 0.3 is 0 Å². The maximum Gasteiger partial charge on any atom is 0.248 e. The van der Waals surface area contributed by atoms with Gasteiger partial charge in [0.1, 0.15) is 0 Å². The molecule has 0 radical (unpaired) electrons. The lowest BCUT2D eigenvalue weighted by molar-refractivity contribution is -0.111. The zero-order chi connectivity index (χ0) is 16.9. The first-order valence-electron chi connectivity index (χ1n) is 7.34. The largest absolute Gasteiger partial charge is 0.494 e. The summed E-state index contributed by atoms with van der Waals surface area (Å²) in [5.74, 6) is -0.624. The van der Waals surface area contributed by atoms with Crippen LogP contribution in [0, 0.1) is 5.82 Å². The molecule has 5 heteroatoms. The minimum Gasteiger partial charge on any atom is -0.494 e. The first-order chi connectivity index (χ1) is 11.7. The molecular formula is C19H15FN2O2. The molecule has 0 bridgehead atoms. The van der Waals surface area contributed by atoms with Crippen LogP contribution in [0.1, 0.15) is 5.56 Å². The van der Waals surface area contributed by atoms with Crippen LogP contribution in [0.4, 0.5) is 10.1 Å². The summed E-state index contributed by atoms with van der Waals surface area (Å²) in [4.78, 5) is 16.4. The number of benzene rings is 2. The minimum atomic E-state index is -0.474. The van der Waals surface area contributed by atoms with Gasteiger partial charge in [-0.25, -0.2) is 4.39 Å². The zero-order valence-electron chi connectivity index (χ0n) is 13.0. The molecule has 0 unspecified atom stereocenters. The summed E-state index contributed by atoms with van der Waals surface area (Å²) in [6.45, 7) is 0. The number of pyridine rings is 1. The van der Waals surface area contributed by atoms with E-state index in [4.69, 9.17) is 4.74 Å². The van der Waals surface area contributed by atoms with Crippen LogP contribution >= 0.6 is 0 Å². The van der Waals surface area contributed by atoms with Gasteiger partial charge in [0.05, 0.1) is 18.3 Å². The summed E-state index contributed by atoms with van der Waals surface area (Å²) in [5.41, 5.74) is 1.92. The smallest absolute Gasteiger partial charge is 0.248 e. The van der Waals surface area contributed by atoms with Gasteiger partial charge in [-0.05, 0) is 35.9 Å². The maximum absolute atomic E-state index is 13.6. The van der Waals surface area contributed by atoms with Crippen LogP contribution < -0.4 is 10.1 Å². The molecule has 120 valence electrons. The molecule has 0 fully saturated rings. The molecule has 0 atom stereocenters. The molecule has 4 nitrogen and oxygen atoms in total. The Kier molecular flexibility index (Phi) is 4.52. The van der Waals surface area contributed by atoms with E-state index in [1.165, 1.54) is 31.4 Å². The second-order valence-corrected chi connectivity index (χ2v) is 5.10. The number of amides is 1. The second kappa shape index (κ2) is 6.91. The van der Waals surface area contributed by atoms with Crippen molar-refractivity contribution in [2.24, 2.45) is 0 Å². The molecule has 0 aliphatic rings. The molecule has 1 N–H and O–H groups in total. The van der Waals surface area contributed by atoms with Crippen LogP contribution in [0.25, 0.3) is 17.0 Å². The van der Waals surface area contributed by atoms with E-state index in [0.29, 0.717) is 11.3 Å². The van der Waals surface area contributed by atoms with Crippen LogP contribution in [0.2, 0.25) is 0 Å². The summed E-state index contributed by atoms with van der Waals surface area (Å²) < 4.78 is 18.5. The number of nitrogens with one attached hydrogen (secondary N) is 1. The quantitative estimate of drug-likeness (QED) is 0.738. The fraction of sp³-hybridized carbons (Fsp3) is 0.0526. The van der Waals surface area contributed by atoms with E-state index in [1.54, 1.807) is 18.3 Å². The highest BCUT2D eigenvalue weighted by atomic mass is 19.1. The van der Waals surface area contributed by atoms with Gasteiger partial charge in [0.15, 0.2) is 11.6 Å². The number of hydrogen-bond donors (Lipinski definition) is 1. The Bertz CT molecular complexity index is 917. The molecule has 1 aromatic heterocycles. The zero-order valence-corrected chi connectivity index (χ0v) is 13.0. The lowest BCUT2D eigenvalue weighted by atomic mass is 10.2. The van der Waals surface area contributed by atoms with Gasteiger partial charge in [-0.15, -0.1) is 0 Å². The number of ether oxygens (including phenoxy) is 1. The fourth-order valence-corrected chi connectivity index (χ4v) is 2.34. The number of para-hydroxylation sites is 1. The van der Waals surface area contributed by atoms with Crippen molar-refractivity contribution in [3.8, 4) is 5.75 Å². The van der Waals surface area contributed by atoms with Gasteiger partial charge in [-0.3, -0.25) is 9.78 Å². The predicted octanol–water partition coefficient (Wildman–Crippen LogP) is 4.03. The Morgan fingerprint density at radius 1 is 1.21 bits per heavy atom. The van der Waals surface area contributed by atoms with Gasteiger partial charge in [0.25, 0.3) is 0 Å². The SMILES string of the molecule is COc1ccc(/C=C/C(=O)Nc2cccc3cccnc23)cc1F. The van der Waals surface area contributed by atoms with Gasteiger partial charge in [-0.2, -0.15) is 0 Å². The van der Waals surface area contributed by atoms with Gasteiger partial charge in [0, 0.05) is 17.7 Å². The average molecular weight is 322 g/mol. The molecule has 1 amide bonds. The normalized spacial score (nSPS) is 10.9. The van der Waals surface area contributed by atoms with E-state index in [9.17, 15) is 9.18 Å². The van der Waals surface area contributed by atoms with Crippen molar-refractivity contribution < 1.29 is 13.9 Å². The molecule has 2 aromatic carbocycles. The third kappa shape index (κ3) is 3.41. The molecule has 3 rings (SSSR count). The van der Waals surface area contributed by atoms with Gasteiger partial charge in [-0.1, -0.05) is 24.3 Å². The number of aromatic nitrogens is 1. The Hall–Kier alpha value is -3.21. The topological polar surface area (TPSA) is 51.2 Å². The third-order valence-corrected chi connectivity index (χ3v) is 3.49. The lowest BCUT2D eigenvalue weighted by Crippen LogP contribution is -2.08. The standard InChI is InChI=1S/C19H15FN2O2/c1-24-17-9-7-13(12-15(17)20)8-10-18(23)22-16-6-2-4-14-5-3-11-21-19(14)16/h2-12H,1H3,(H,22,23)/b10-8+. The van der Waals surface area contributed by atoms with Crippen molar-refractivity contribution in [3.05, 3.63) is 72.2 Å². The Balaban J connectivity index is 1.76. The highest BCUT2D eigenvalue weighted by Crippen LogP contribution is 2.21. The van der Waals surface area contributed by atoms with E-state index in [0.717, 1.165) is 10.9 Å². The number of carbonyl (C=O) groups excluding carboxylic acids is 1. The molecule has 0 saturated heterocycles. The van der Waals surface area contributed by atoms with Crippen LogP contribution in [0.3, 0.4) is 0 Å². The van der Waals surface area contributed by atoms with E-state index >= 15 is 0 Å². The van der Waals surface area contributed by atoms with Gasteiger partial charge < -0.3 is 10.1 Å². The maximum atomic E-state index is 13.6. The summed E-state index contributed by atoms with van der Waals surface area (Å²) in [6.07, 6.45) is 4.56. The fourth-order valence-electron chi connectivity index (χ4n) is 2.34. The lowest BCUT2D eigenvalue weighted by Gasteiger charge is -2.06. The van der Waals surface area contributed by atoms with Gasteiger partial charge in [0.2, 0.25) is 5.91 Å². The number of hydrogen-bond acceptors (Lipinski definition) is 3. The molecule has 0 spiro atoms. The van der Waals surface area contributed by atoms with Crippen molar-refractivity contribution in [1.82, 2.24) is 4.98 Å². The van der Waals surface area contributed by atoms with Crippen molar-refractivity contribution >= 4 is 28.6 Å². The number of nitrogens with zero attached hydrogens (tertiary/aromatic N) is 1. The third-order valence-electron chi connectivity index (χ3n) is 3.49. The molecular weight excluding hydrogens is 307 g/mol. The average Bonchev–Trinajstić information content (AvgIpc) is 2.60. The summed E-state index contributed by atoms with van der Waals surface area (Å²) in [6, 6.07) is 13.8. The molecule has 1 heterocycles. The number of anilines is 1. The van der Waals surface area contributed by atoms with Crippen molar-refractivity contribution in [1.29, 1.82) is 0 Å². The first kappa shape index (κ1) is 15.7. The van der Waals surface area contributed by atoms with Crippen molar-refractivity contribution in [2.45, 2.75) is 0 Å². The second-order valence-electron chi connectivity index (χ2n) is 5.10. The van der Waals surface area contributed by atoms with E-state index in [1.807, 2.05) is 24.3 Å². The number of halogens is 1. The number of carbonyl (C=O) groups is 1. The van der Waals surface area contributed by atoms with Crippen LogP contribution in [-0.4, -0.2) is 18.0 Å².